The summed E-state index contributed by atoms with van der Waals surface area (Å²) >= 11 is 0. The maximum atomic E-state index is 12.1. The number of carbonyl (C=O) groups is 2. The fraction of sp³-hybridized carbons (Fsp3) is 0.533. The number of nitrogens with one attached hydrogen (secondary N) is 1. The molecule has 5 nitrogen and oxygen atoms in total. The molecule has 1 fully saturated rings. The van der Waals surface area contributed by atoms with E-state index in [1.807, 2.05) is 32.0 Å². The molecular weight excluding hydrogens is 254 g/mol. The van der Waals surface area contributed by atoms with Crippen LogP contribution in [0.3, 0.4) is 0 Å². The molecule has 20 heavy (non-hydrogen) atoms. The van der Waals surface area contributed by atoms with Crippen LogP contribution in [0, 0.1) is 5.92 Å². The maximum absolute atomic E-state index is 12.1. The monoisotopic (exact) mass is 275 g/mol. The van der Waals surface area contributed by atoms with Crippen molar-refractivity contribution in [3.8, 4) is 0 Å². The Morgan fingerprint density at radius 2 is 2.25 bits per heavy atom. The second-order valence-electron chi connectivity index (χ2n) is 5.46. The van der Waals surface area contributed by atoms with E-state index in [1.54, 1.807) is 11.1 Å². The Bertz CT molecular complexity index is 473. The molecule has 0 spiro atoms. The summed E-state index contributed by atoms with van der Waals surface area (Å²) in [6, 6.07) is 5.55. The molecule has 0 aliphatic carbocycles. The lowest BCUT2D eigenvalue weighted by molar-refractivity contribution is -0.133. The van der Waals surface area contributed by atoms with E-state index in [-0.39, 0.29) is 30.3 Å². The highest BCUT2D eigenvalue weighted by Gasteiger charge is 2.25. The molecule has 1 N–H and O–H groups in total. The second-order valence-corrected chi connectivity index (χ2v) is 5.46. The summed E-state index contributed by atoms with van der Waals surface area (Å²) in [5.74, 6) is 0.187. The normalized spacial score (nSPS) is 16.6. The first-order chi connectivity index (χ1) is 9.58. The molecule has 1 unspecified atom stereocenters. The third kappa shape index (κ3) is 3.56. The minimum absolute atomic E-state index is 0.0686. The van der Waals surface area contributed by atoms with Gasteiger partial charge in [-0.15, -0.1) is 0 Å². The number of aromatic nitrogens is 1. The average molecular weight is 275 g/mol. The predicted molar refractivity (Wildman–Crippen MR) is 75.8 cm³/mol. The zero-order valence-corrected chi connectivity index (χ0v) is 12.0. The zero-order chi connectivity index (χ0) is 14.5. The highest BCUT2D eigenvalue weighted by Crippen LogP contribution is 2.19. The SMILES string of the molecule is CC(C)C(NC(=O)CN1CCCC1=O)c1ccccn1. The Balaban J connectivity index is 1.98. The Labute approximate surface area is 119 Å². The van der Waals surface area contributed by atoms with Crippen LogP contribution >= 0.6 is 0 Å². The van der Waals surface area contributed by atoms with Gasteiger partial charge in [-0.1, -0.05) is 19.9 Å². The van der Waals surface area contributed by atoms with E-state index in [2.05, 4.69) is 10.3 Å². The van der Waals surface area contributed by atoms with Gasteiger partial charge in [0, 0.05) is 19.2 Å². The summed E-state index contributed by atoms with van der Waals surface area (Å²) in [4.78, 5) is 29.6. The van der Waals surface area contributed by atoms with E-state index in [4.69, 9.17) is 0 Å². The largest absolute Gasteiger partial charge is 0.346 e. The number of amides is 2. The molecule has 0 aromatic carbocycles. The van der Waals surface area contributed by atoms with Gasteiger partial charge in [0.05, 0.1) is 18.3 Å². The van der Waals surface area contributed by atoms with Crippen molar-refractivity contribution >= 4 is 11.8 Å². The lowest BCUT2D eigenvalue weighted by Crippen LogP contribution is -2.40. The van der Waals surface area contributed by atoms with Crippen LogP contribution in [0.2, 0.25) is 0 Å². The number of hydrogen-bond donors (Lipinski definition) is 1. The summed E-state index contributed by atoms with van der Waals surface area (Å²) in [5.41, 5.74) is 0.851. The van der Waals surface area contributed by atoms with E-state index >= 15 is 0 Å². The lowest BCUT2D eigenvalue weighted by Gasteiger charge is -2.23. The average Bonchev–Trinajstić information content (AvgIpc) is 2.82. The van der Waals surface area contributed by atoms with Crippen LogP contribution in [0.5, 0.6) is 0 Å². The number of carbonyl (C=O) groups excluding carboxylic acids is 2. The minimum atomic E-state index is -0.124. The van der Waals surface area contributed by atoms with E-state index in [0.717, 1.165) is 12.1 Å². The van der Waals surface area contributed by atoms with Crippen molar-refractivity contribution < 1.29 is 9.59 Å². The van der Waals surface area contributed by atoms with E-state index in [9.17, 15) is 9.59 Å². The van der Waals surface area contributed by atoms with Crippen LogP contribution in [-0.4, -0.2) is 34.8 Å². The van der Waals surface area contributed by atoms with Gasteiger partial charge in [0.1, 0.15) is 0 Å². The van der Waals surface area contributed by atoms with Gasteiger partial charge in [-0.2, -0.15) is 0 Å². The van der Waals surface area contributed by atoms with E-state index < -0.39 is 0 Å². The van der Waals surface area contributed by atoms with Crippen LogP contribution in [0.1, 0.15) is 38.4 Å². The summed E-state index contributed by atoms with van der Waals surface area (Å²) in [5, 5.41) is 2.98. The maximum Gasteiger partial charge on any atom is 0.240 e. The molecule has 1 atom stereocenters. The molecule has 5 heteroatoms. The fourth-order valence-corrected chi connectivity index (χ4v) is 2.41. The number of pyridine rings is 1. The van der Waals surface area contributed by atoms with Crippen molar-refractivity contribution in [2.45, 2.75) is 32.7 Å². The van der Waals surface area contributed by atoms with Crippen LogP contribution in [-0.2, 0) is 9.59 Å². The van der Waals surface area contributed by atoms with Crippen LogP contribution < -0.4 is 5.32 Å². The summed E-state index contributed by atoms with van der Waals surface area (Å²) in [6.07, 6.45) is 3.13. The minimum Gasteiger partial charge on any atom is -0.346 e. The molecule has 0 saturated carbocycles. The Morgan fingerprint density at radius 1 is 1.45 bits per heavy atom. The highest BCUT2D eigenvalue weighted by molar-refractivity contribution is 5.86. The summed E-state index contributed by atoms with van der Waals surface area (Å²) in [7, 11) is 0. The molecule has 1 aliphatic rings. The van der Waals surface area contributed by atoms with Crippen molar-refractivity contribution in [1.82, 2.24) is 15.2 Å². The number of rotatable bonds is 5. The molecule has 1 aromatic rings. The van der Waals surface area contributed by atoms with Gasteiger partial charge in [-0.3, -0.25) is 14.6 Å². The lowest BCUT2D eigenvalue weighted by atomic mass is 10.0. The summed E-state index contributed by atoms with van der Waals surface area (Å²) < 4.78 is 0. The zero-order valence-electron chi connectivity index (χ0n) is 12.0. The van der Waals surface area contributed by atoms with Gasteiger partial charge in [0.15, 0.2) is 0 Å². The first-order valence-corrected chi connectivity index (χ1v) is 7.06. The summed E-state index contributed by atoms with van der Waals surface area (Å²) in [6.45, 7) is 4.92. The third-order valence-corrected chi connectivity index (χ3v) is 3.50. The second kappa shape index (κ2) is 6.50. The van der Waals surface area contributed by atoms with Gasteiger partial charge in [0.25, 0.3) is 0 Å². The van der Waals surface area contributed by atoms with Gasteiger partial charge in [-0.25, -0.2) is 0 Å². The molecule has 2 heterocycles. The Kier molecular flexibility index (Phi) is 4.71. The smallest absolute Gasteiger partial charge is 0.240 e. The Hall–Kier alpha value is -1.91. The quantitative estimate of drug-likeness (QED) is 0.886. The van der Waals surface area contributed by atoms with Gasteiger partial charge < -0.3 is 10.2 Å². The molecule has 2 amide bonds. The first kappa shape index (κ1) is 14.5. The van der Waals surface area contributed by atoms with Gasteiger partial charge >= 0.3 is 0 Å². The molecule has 1 saturated heterocycles. The fourth-order valence-electron chi connectivity index (χ4n) is 2.41. The van der Waals surface area contributed by atoms with Crippen molar-refractivity contribution in [2.75, 3.05) is 13.1 Å². The molecule has 108 valence electrons. The van der Waals surface area contributed by atoms with Gasteiger partial charge in [0.2, 0.25) is 11.8 Å². The molecule has 0 bridgehead atoms. The van der Waals surface area contributed by atoms with Crippen molar-refractivity contribution in [3.63, 3.8) is 0 Å². The molecule has 1 aromatic heterocycles. The number of likely N-dealkylation sites (tertiary alicyclic amines) is 1. The number of hydrogen-bond acceptors (Lipinski definition) is 3. The Morgan fingerprint density at radius 3 is 2.80 bits per heavy atom. The van der Waals surface area contributed by atoms with E-state index in [1.165, 1.54) is 0 Å². The predicted octanol–water partition coefficient (Wildman–Crippen LogP) is 1.52. The highest BCUT2D eigenvalue weighted by atomic mass is 16.2. The standard InChI is InChI=1S/C15H21N3O2/c1-11(2)15(12-6-3-4-8-16-12)17-13(19)10-18-9-5-7-14(18)20/h3-4,6,8,11,15H,5,7,9-10H2,1-2H3,(H,17,19). The molecule has 0 radical (unpaired) electrons. The van der Waals surface area contributed by atoms with Crippen molar-refractivity contribution in [2.24, 2.45) is 5.92 Å². The van der Waals surface area contributed by atoms with Crippen LogP contribution in [0.15, 0.2) is 24.4 Å². The molecule has 2 rings (SSSR count). The van der Waals surface area contributed by atoms with E-state index in [0.29, 0.717) is 13.0 Å². The van der Waals surface area contributed by atoms with Crippen LogP contribution in [0.4, 0.5) is 0 Å². The van der Waals surface area contributed by atoms with Crippen LogP contribution in [0.25, 0.3) is 0 Å². The first-order valence-electron chi connectivity index (χ1n) is 7.06. The topological polar surface area (TPSA) is 62.3 Å². The molecule has 1 aliphatic heterocycles. The number of nitrogens with zero attached hydrogens (tertiary/aromatic N) is 2. The third-order valence-electron chi connectivity index (χ3n) is 3.50. The van der Waals surface area contributed by atoms with Crippen molar-refractivity contribution in [1.29, 1.82) is 0 Å². The van der Waals surface area contributed by atoms with Crippen molar-refractivity contribution in [3.05, 3.63) is 30.1 Å². The molecular formula is C15H21N3O2. The van der Waals surface area contributed by atoms with Gasteiger partial charge in [-0.05, 0) is 24.5 Å².